The van der Waals surface area contributed by atoms with Crippen LogP contribution in [0.15, 0.2) is 59.5 Å². The molecular weight excluding hydrogens is 452 g/mol. The Bertz CT molecular complexity index is 970. The van der Waals surface area contributed by atoms with Gasteiger partial charge in [-0.2, -0.15) is 11.8 Å². The summed E-state index contributed by atoms with van der Waals surface area (Å²) in [4.78, 5) is 12.9. The maximum Gasteiger partial charge on any atom is 0.264 e. The van der Waals surface area contributed by atoms with E-state index in [1.165, 1.54) is 36.4 Å². The van der Waals surface area contributed by atoms with Gasteiger partial charge in [-0.15, -0.1) is 0 Å². The van der Waals surface area contributed by atoms with Crippen LogP contribution in [0.3, 0.4) is 0 Å². The third kappa shape index (κ3) is 7.51. The van der Waals surface area contributed by atoms with Crippen LogP contribution in [0.4, 0.5) is 5.69 Å². The second-order valence-electron chi connectivity index (χ2n) is 8.91. The lowest BCUT2D eigenvalue weighted by Crippen LogP contribution is -2.41. The molecule has 2 aromatic rings. The van der Waals surface area contributed by atoms with Gasteiger partial charge < -0.3 is 5.32 Å². The molecule has 33 heavy (non-hydrogen) atoms. The number of nitrogens with one attached hydrogen (secondary N) is 1. The van der Waals surface area contributed by atoms with Crippen molar-refractivity contribution in [3.8, 4) is 0 Å². The first-order valence-corrected chi connectivity index (χ1v) is 14.4. The zero-order valence-electron chi connectivity index (χ0n) is 19.7. The van der Waals surface area contributed by atoms with Crippen molar-refractivity contribution < 1.29 is 13.2 Å². The van der Waals surface area contributed by atoms with E-state index in [4.69, 9.17) is 0 Å². The minimum absolute atomic E-state index is 0.176. The van der Waals surface area contributed by atoms with Crippen LogP contribution in [0, 0.1) is 0 Å². The van der Waals surface area contributed by atoms with Crippen molar-refractivity contribution in [3.05, 3.63) is 60.2 Å². The van der Waals surface area contributed by atoms with E-state index in [-0.39, 0.29) is 17.3 Å². The van der Waals surface area contributed by atoms with Crippen LogP contribution >= 0.6 is 11.8 Å². The molecule has 1 saturated carbocycles. The van der Waals surface area contributed by atoms with Gasteiger partial charge in [-0.1, -0.05) is 63.4 Å². The monoisotopic (exact) mass is 488 g/mol. The Morgan fingerprint density at radius 1 is 1.03 bits per heavy atom. The summed E-state index contributed by atoms with van der Waals surface area (Å²) in [6.07, 6.45) is 7.52. The molecule has 7 heteroatoms. The molecule has 0 bridgehead atoms. The second-order valence-corrected chi connectivity index (χ2v) is 12.2. The summed E-state index contributed by atoms with van der Waals surface area (Å²) < 4.78 is 28.0. The van der Waals surface area contributed by atoms with Crippen LogP contribution in [-0.2, 0) is 14.8 Å². The first-order valence-electron chi connectivity index (χ1n) is 11.9. The summed E-state index contributed by atoms with van der Waals surface area (Å²) in [6.45, 7) is 4.50. The molecule has 0 saturated heterocycles. The summed E-state index contributed by atoms with van der Waals surface area (Å²) in [5, 5.41) is 3.67. The van der Waals surface area contributed by atoms with E-state index >= 15 is 0 Å². The summed E-state index contributed by atoms with van der Waals surface area (Å²) in [5.41, 5.74) is 1.61. The third-order valence-electron chi connectivity index (χ3n) is 6.02. The van der Waals surface area contributed by atoms with Crippen LogP contribution < -0.4 is 9.62 Å². The Morgan fingerprint density at radius 3 is 2.33 bits per heavy atom. The number of thioether (sulfide) groups is 1. The standard InChI is InChI=1S/C26H36N2O3S2/c1-21(2)22-14-16-23(17-15-22)28(33(30,31)25-12-7-4-8-13-25)20-26(29)27-18-9-19-32-24-10-5-3-6-11-24/h4,7-8,12-17,21,24H,3,5-6,9-11,18-20H2,1-2H3,(H,27,29). The fourth-order valence-electron chi connectivity index (χ4n) is 4.03. The molecule has 2 aromatic carbocycles. The van der Waals surface area contributed by atoms with Gasteiger partial charge in [0.2, 0.25) is 5.91 Å². The molecule has 1 aliphatic carbocycles. The molecule has 0 atom stereocenters. The van der Waals surface area contributed by atoms with E-state index in [0.29, 0.717) is 18.2 Å². The molecule has 0 spiro atoms. The second kappa shape index (κ2) is 12.5. The van der Waals surface area contributed by atoms with E-state index < -0.39 is 10.0 Å². The quantitative estimate of drug-likeness (QED) is 0.420. The summed E-state index contributed by atoms with van der Waals surface area (Å²) in [7, 11) is -3.86. The maximum absolute atomic E-state index is 13.4. The van der Waals surface area contributed by atoms with Crippen LogP contribution in [0.2, 0.25) is 0 Å². The predicted molar refractivity (Wildman–Crippen MR) is 138 cm³/mol. The number of amides is 1. The van der Waals surface area contributed by atoms with Gasteiger partial charge in [0.05, 0.1) is 10.6 Å². The Labute approximate surface area is 203 Å². The Balaban J connectivity index is 1.63. The smallest absolute Gasteiger partial charge is 0.264 e. The Hall–Kier alpha value is -1.99. The topological polar surface area (TPSA) is 66.5 Å². The van der Waals surface area contributed by atoms with Crippen molar-refractivity contribution in [1.29, 1.82) is 0 Å². The van der Waals surface area contributed by atoms with Gasteiger partial charge in [0, 0.05) is 11.8 Å². The highest BCUT2D eigenvalue weighted by molar-refractivity contribution is 7.99. The van der Waals surface area contributed by atoms with Gasteiger partial charge in [0.15, 0.2) is 0 Å². The molecule has 5 nitrogen and oxygen atoms in total. The molecule has 1 amide bonds. The largest absolute Gasteiger partial charge is 0.354 e. The van der Waals surface area contributed by atoms with E-state index in [1.807, 2.05) is 23.9 Å². The Kier molecular flexibility index (Phi) is 9.68. The molecular formula is C26H36N2O3S2. The zero-order valence-corrected chi connectivity index (χ0v) is 21.3. The highest BCUT2D eigenvalue weighted by atomic mass is 32.2. The molecule has 1 fully saturated rings. The Morgan fingerprint density at radius 2 is 1.70 bits per heavy atom. The molecule has 180 valence electrons. The molecule has 0 heterocycles. The van der Waals surface area contributed by atoms with Crippen molar-refractivity contribution in [2.75, 3.05) is 23.1 Å². The number of rotatable bonds is 11. The number of nitrogens with zero attached hydrogens (tertiary/aromatic N) is 1. The number of carbonyl (C=O) groups is 1. The zero-order chi connectivity index (χ0) is 23.7. The molecule has 0 radical (unpaired) electrons. The van der Waals surface area contributed by atoms with Gasteiger partial charge in [-0.25, -0.2) is 8.42 Å². The van der Waals surface area contributed by atoms with E-state index in [9.17, 15) is 13.2 Å². The third-order valence-corrected chi connectivity index (χ3v) is 9.27. The number of sulfonamides is 1. The fourth-order valence-corrected chi connectivity index (χ4v) is 6.78. The van der Waals surface area contributed by atoms with E-state index in [2.05, 4.69) is 19.2 Å². The molecule has 1 aliphatic rings. The number of benzene rings is 2. The van der Waals surface area contributed by atoms with Crippen molar-refractivity contribution >= 4 is 33.4 Å². The lowest BCUT2D eigenvalue weighted by atomic mass is 10.0. The lowest BCUT2D eigenvalue weighted by molar-refractivity contribution is -0.119. The summed E-state index contributed by atoms with van der Waals surface area (Å²) in [6, 6.07) is 15.7. The number of hydrogen-bond donors (Lipinski definition) is 1. The fraction of sp³-hybridized carbons (Fsp3) is 0.500. The molecule has 0 aliphatic heterocycles. The summed E-state index contributed by atoms with van der Waals surface area (Å²) >= 11 is 2.01. The van der Waals surface area contributed by atoms with Gasteiger partial charge in [0.1, 0.15) is 6.54 Å². The average Bonchev–Trinajstić information content (AvgIpc) is 2.83. The minimum atomic E-state index is -3.86. The van der Waals surface area contributed by atoms with Gasteiger partial charge in [-0.05, 0) is 60.8 Å². The van der Waals surface area contributed by atoms with Crippen molar-refractivity contribution in [1.82, 2.24) is 5.32 Å². The molecule has 0 unspecified atom stereocenters. The van der Waals surface area contributed by atoms with Crippen LogP contribution in [-0.4, -0.2) is 38.4 Å². The average molecular weight is 489 g/mol. The molecule has 3 rings (SSSR count). The first-order chi connectivity index (χ1) is 15.9. The van der Waals surface area contributed by atoms with Gasteiger partial charge in [0.25, 0.3) is 10.0 Å². The SMILES string of the molecule is CC(C)c1ccc(N(CC(=O)NCCCSC2CCCCC2)S(=O)(=O)c2ccccc2)cc1. The molecule has 1 N–H and O–H groups in total. The molecule has 0 aromatic heterocycles. The van der Waals surface area contributed by atoms with Crippen LogP contribution in [0.25, 0.3) is 0 Å². The van der Waals surface area contributed by atoms with Gasteiger partial charge in [-0.3, -0.25) is 9.10 Å². The highest BCUT2D eigenvalue weighted by Gasteiger charge is 2.27. The number of hydrogen-bond acceptors (Lipinski definition) is 4. The highest BCUT2D eigenvalue weighted by Crippen LogP contribution is 2.28. The van der Waals surface area contributed by atoms with Crippen LogP contribution in [0.5, 0.6) is 0 Å². The predicted octanol–water partition coefficient (Wildman–Crippen LogP) is 5.58. The lowest BCUT2D eigenvalue weighted by Gasteiger charge is -2.24. The van der Waals surface area contributed by atoms with Gasteiger partial charge >= 0.3 is 0 Å². The van der Waals surface area contributed by atoms with Crippen molar-refractivity contribution in [2.24, 2.45) is 0 Å². The minimum Gasteiger partial charge on any atom is -0.354 e. The van der Waals surface area contributed by atoms with E-state index in [0.717, 1.165) is 23.0 Å². The normalized spacial score (nSPS) is 14.9. The maximum atomic E-state index is 13.4. The number of carbonyl (C=O) groups excluding carboxylic acids is 1. The number of anilines is 1. The van der Waals surface area contributed by atoms with Crippen molar-refractivity contribution in [3.63, 3.8) is 0 Å². The summed E-state index contributed by atoms with van der Waals surface area (Å²) in [5.74, 6) is 1.08. The van der Waals surface area contributed by atoms with E-state index in [1.54, 1.807) is 42.5 Å². The van der Waals surface area contributed by atoms with Crippen molar-refractivity contribution in [2.45, 2.75) is 68.4 Å². The van der Waals surface area contributed by atoms with Crippen LogP contribution in [0.1, 0.15) is 63.9 Å². The first kappa shape index (κ1) is 25.6.